The van der Waals surface area contributed by atoms with Gasteiger partial charge in [-0.05, 0) is 36.2 Å². The number of benzene rings is 1. The molecule has 0 spiro atoms. The lowest BCUT2D eigenvalue weighted by molar-refractivity contribution is 0.0950. The lowest BCUT2D eigenvalue weighted by Gasteiger charge is -2.07. The number of carbonyl (C=O) groups is 1. The topological polar surface area (TPSA) is 44.9 Å². The molecule has 17 heavy (non-hydrogen) atoms. The summed E-state index contributed by atoms with van der Waals surface area (Å²) in [5, 5.41) is 3.46. The van der Waals surface area contributed by atoms with Crippen LogP contribution >= 0.6 is 11.6 Å². The monoisotopic (exact) mass is 248 g/mol. The predicted molar refractivity (Wildman–Crippen MR) is 68.2 cm³/mol. The van der Waals surface area contributed by atoms with Crippen molar-refractivity contribution < 1.29 is 4.79 Å². The summed E-state index contributed by atoms with van der Waals surface area (Å²) < 4.78 is 0. The van der Waals surface area contributed by atoms with Crippen LogP contribution in [0.1, 0.15) is 21.5 Å². The fraction of sp³-hybridized carbons (Fsp3) is 0.154. The second kappa shape index (κ2) is 5.06. The molecule has 1 aromatic carbocycles. The molecule has 0 unspecified atom stereocenters. The summed E-state index contributed by atoms with van der Waals surface area (Å²) in [6.07, 6.45) is 3.68. The quantitative estimate of drug-likeness (QED) is 0.862. The highest BCUT2D eigenvalue weighted by atomic mass is 35.5. The number of halogens is 1. The smallest absolute Gasteiger partial charge is 0.251 e. The Morgan fingerprint density at radius 3 is 2.94 bits per heavy atom. The number of hydrogen-bond acceptors (Lipinski definition) is 1. The summed E-state index contributed by atoms with van der Waals surface area (Å²) in [7, 11) is 0. The van der Waals surface area contributed by atoms with Crippen molar-refractivity contribution in [3.8, 4) is 0 Å². The summed E-state index contributed by atoms with van der Waals surface area (Å²) in [4.78, 5) is 14.9. The van der Waals surface area contributed by atoms with E-state index in [1.165, 1.54) is 0 Å². The van der Waals surface area contributed by atoms with E-state index in [1.54, 1.807) is 18.2 Å². The summed E-state index contributed by atoms with van der Waals surface area (Å²) in [6.45, 7) is 2.35. The van der Waals surface area contributed by atoms with Crippen molar-refractivity contribution >= 4 is 17.5 Å². The van der Waals surface area contributed by atoms with Gasteiger partial charge >= 0.3 is 0 Å². The fourth-order valence-electron chi connectivity index (χ4n) is 1.60. The third kappa shape index (κ3) is 2.68. The molecule has 4 heteroatoms. The molecule has 3 nitrogen and oxygen atoms in total. The van der Waals surface area contributed by atoms with Crippen molar-refractivity contribution in [2.75, 3.05) is 0 Å². The van der Waals surface area contributed by atoms with Crippen molar-refractivity contribution in [1.82, 2.24) is 10.3 Å². The van der Waals surface area contributed by atoms with Crippen LogP contribution in [-0.2, 0) is 6.54 Å². The van der Waals surface area contributed by atoms with Gasteiger partial charge < -0.3 is 10.3 Å². The number of rotatable bonds is 3. The average molecular weight is 249 g/mol. The first kappa shape index (κ1) is 11.7. The molecule has 88 valence electrons. The number of hydrogen-bond donors (Lipinski definition) is 2. The molecule has 2 rings (SSSR count). The van der Waals surface area contributed by atoms with E-state index < -0.39 is 0 Å². The lowest BCUT2D eigenvalue weighted by Crippen LogP contribution is -2.23. The summed E-state index contributed by atoms with van der Waals surface area (Å²) in [6, 6.07) is 7.25. The first-order valence-electron chi connectivity index (χ1n) is 5.33. The lowest BCUT2D eigenvalue weighted by atomic mass is 10.1. The highest BCUT2D eigenvalue weighted by Crippen LogP contribution is 2.18. The van der Waals surface area contributed by atoms with Gasteiger partial charge in [0.1, 0.15) is 0 Å². The Morgan fingerprint density at radius 1 is 1.41 bits per heavy atom. The van der Waals surface area contributed by atoms with Crippen LogP contribution in [0.5, 0.6) is 0 Å². The number of amides is 1. The number of H-pyrrole nitrogens is 1. The van der Waals surface area contributed by atoms with E-state index in [2.05, 4.69) is 10.3 Å². The summed E-state index contributed by atoms with van der Waals surface area (Å²) in [5.41, 5.74) is 2.46. The van der Waals surface area contributed by atoms with E-state index in [4.69, 9.17) is 11.6 Å². The molecule has 0 bridgehead atoms. The number of aromatic amines is 1. The molecule has 1 amide bonds. The minimum absolute atomic E-state index is 0.105. The van der Waals surface area contributed by atoms with Crippen molar-refractivity contribution in [3.63, 3.8) is 0 Å². The molecule has 0 aliphatic heterocycles. The van der Waals surface area contributed by atoms with Gasteiger partial charge in [0.25, 0.3) is 5.91 Å². The maximum absolute atomic E-state index is 11.9. The molecule has 0 aliphatic carbocycles. The first-order chi connectivity index (χ1) is 8.18. The Morgan fingerprint density at radius 2 is 2.24 bits per heavy atom. The first-order valence-corrected chi connectivity index (χ1v) is 5.71. The van der Waals surface area contributed by atoms with Crippen LogP contribution in [0.25, 0.3) is 0 Å². The van der Waals surface area contributed by atoms with Gasteiger partial charge in [-0.2, -0.15) is 0 Å². The molecule has 1 heterocycles. The van der Waals surface area contributed by atoms with E-state index in [9.17, 15) is 4.79 Å². The van der Waals surface area contributed by atoms with Crippen LogP contribution in [0.2, 0.25) is 5.02 Å². The standard InChI is InChI=1S/C13H13ClN2O/c1-9-11(3-2-4-12(9)14)13(17)16-8-10-5-6-15-7-10/h2-7,15H,8H2,1H3,(H,16,17). The van der Waals surface area contributed by atoms with Gasteiger partial charge in [0.2, 0.25) is 0 Å². The number of carbonyl (C=O) groups excluding carboxylic acids is 1. The van der Waals surface area contributed by atoms with Crippen LogP contribution < -0.4 is 5.32 Å². The molecule has 1 aromatic heterocycles. The molecule has 0 atom stereocenters. The molecule has 2 N–H and O–H groups in total. The zero-order valence-electron chi connectivity index (χ0n) is 9.46. The van der Waals surface area contributed by atoms with E-state index in [-0.39, 0.29) is 5.91 Å². The number of nitrogens with one attached hydrogen (secondary N) is 2. The minimum atomic E-state index is -0.105. The molecule has 0 saturated heterocycles. The maximum atomic E-state index is 11.9. The van der Waals surface area contributed by atoms with E-state index in [0.29, 0.717) is 17.1 Å². The Hall–Kier alpha value is -1.74. The van der Waals surface area contributed by atoms with Crippen molar-refractivity contribution in [1.29, 1.82) is 0 Å². The van der Waals surface area contributed by atoms with Crippen LogP contribution in [0.15, 0.2) is 36.7 Å². The maximum Gasteiger partial charge on any atom is 0.251 e. The Kier molecular flexibility index (Phi) is 3.49. The fourth-order valence-corrected chi connectivity index (χ4v) is 1.77. The van der Waals surface area contributed by atoms with Crippen LogP contribution in [0, 0.1) is 6.92 Å². The van der Waals surface area contributed by atoms with Crippen LogP contribution in [-0.4, -0.2) is 10.9 Å². The largest absolute Gasteiger partial charge is 0.367 e. The van der Waals surface area contributed by atoms with E-state index in [0.717, 1.165) is 11.1 Å². The molecular formula is C13H13ClN2O. The van der Waals surface area contributed by atoms with Gasteiger partial charge in [-0.15, -0.1) is 0 Å². The van der Waals surface area contributed by atoms with Gasteiger partial charge in [-0.3, -0.25) is 4.79 Å². The van der Waals surface area contributed by atoms with E-state index in [1.807, 2.05) is 25.4 Å². The second-order valence-electron chi connectivity index (χ2n) is 3.81. The molecule has 0 fully saturated rings. The summed E-state index contributed by atoms with van der Waals surface area (Å²) >= 11 is 5.97. The average Bonchev–Trinajstić information content (AvgIpc) is 2.82. The highest BCUT2D eigenvalue weighted by Gasteiger charge is 2.10. The minimum Gasteiger partial charge on any atom is -0.367 e. The molecule has 2 aromatic rings. The Labute approximate surface area is 105 Å². The SMILES string of the molecule is Cc1c(Cl)cccc1C(=O)NCc1cc[nH]c1. The molecule has 0 saturated carbocycles. The normalized spacial score (nSPS) is 10.2. The van der Waals surface area contributed by atoms with Crippen LogP contribution in [0.4, 0.5) is 0 Å². The van der Waals surface area contributed by atoms with Gasteiger partial charge in [-0.1, -0.05) is 17.7 Å². The van der Waals surface area contributed by atoms with Crippen LogP contribution in [0.3, 0.4) is 0 Å². The molecule has 0 aliphatic rings. The highest BCUT2D eigenvalue weighted by molar-refractivity contribution is 6.31. The molecule has 0 radical (unpaired) electrons. The predicted octanol–water partition coefficient (Wildman–Crippen LogP) is 2.91. The second-order valence-corrected chi connectivity index (χ2v) is 4.22. The van der Waals surface area contributed by atoms with Crippen molar-refractivity contribution in [3.05, 3.63) is 58.4 Å². The summed E-state index contributed by atoms with van der Waals surface area (Å²) in [5.74, 6) is -0.105. The zero-order chi connectivity index (χ0) is 12.3. The Bertz CT molecular complexity index is 520. The van der Waals surface area contributed by atoms with Gasteiger partial charge in [0.05, 0.1) is 0 Å². The Balaban J connectivity index is 2.07. The third-order valence-corrected chi connectivity index (χ3v) is 3.04. The van der Waals surface area contributed by atoms with Gasteiger partial charge in [-0.25, -0.2) is 0 Å². The third-order valence-electron chi connectivity index (χ3n) is 2.63. The van der Waals surface area contributed by atoms with Gasteiger partial charge in [0.15, 0.2) is 0 Å². The zero-order valence-corrected chi connectivity index (χ0v) is 10.2. The number of aromatic nitrogens is 1. The van der Waals surface area contributed by atoms with Gasteiger partial charge in [0, 0.05) is 29.5 Å². The van der Waals surface area contributed by atoms with E-state index >= 15 is 0 Å². The molecular weight excluding hydrogens is 236 g/mol. The van der Waals surface area contributed by atoms with Crippen molar-refractivity contribution in [2.24, 2.45) is 0 Å². The van der Waals surface area contributed by atoms with Crippen molar-refractivity contribution in [2.45, 2.75) is 13.5 Å².